The molecule has 4 nitrogen and oxygen atoms in total. The highest BCUT2D eigenvalue weighted by molar-refractivity contribution is 7.88. The predicted octanol–water partition coefficient (Wildman–Crippen LogP) is 1.70. The van der Waals surface area contributed by atoms with Crippen LogP contribution in [0, 0.1) is 17.7 Å². The minimum absolute atomic E-state index is 0.141. The third-order valence-corrected chi connectivity index (χ3v) is 6.18. The summed E-state index contributed by atoms with van der Waals surface area (Å²) in [4.78, 5) is 0. The van der Waals surface area contributed by atoms with Crippen molar-refractivity contribution in [3.8, 4) is 0 Å². The zero-order valence-corrected chi connectivity index (χ0v) is 12.8. The summed E-state index contributed by atoms with van der Waals surface area (Å²) in [5.74, 6) is -0.398. The standard InChI is InChI=1S/C15H20FNO3S/c1-21(19,20)17-9-11-4-3-7-15(18,14(11)10-17)12-5-2-6-13(16)8-12/h2,5-6,8,11,14,18H,3-4,7,9-10H2,1H3/t11-,14-,15+/m0/s1. The third-order valence-electron chi connectivity index (χ3n) is 4.95. The Bertz CT molecular complexity index is 648. The second-order valence-corrected chi connectivity index (χ2v) is 8.26. The van der Waals surface area contributed by atoms with E-state index in [0.29, 0.717) is 25.1 Å². The summed E-state index contributed by atoms with van der Waals surface area (Å²) in [6.07, 6.45) is 3.49. The SMILES string of the molecule is CS(=O)(=O)N1C[C@@H]2CCC[C@@](O)(c3cccc(F)c3)[C@H]2C1. The van der Waals surface area contributed by atoms with E-state index >= 15 is 0 Å². The summed E-state index contributed by atoms with van der Waals surface area (Å²) in [7, 11) is -3.25. The predicted molar refractivity (Wildman–Crippen MR) is 77.5 cm³/mol. The molecule has 0 radical (unpaired) electrons. The maximum Gasteiger partial charge on any atom is 0.211 e. The minimum Gasteiger partial charge on any atom is -0.385 e. The van der Waals surface area contributed by atoms with E-state index in [1.165, 1.54) is 22.7 Å². The van der Waals surface area contributed by atoms with E-state index in [1.54, 1.807) is 12.1 Å². The molecule has 0 bridgehead atoms. The third kappa shape index (κ3) is 2.60. The molecule has 0 spiro atoms. The van der Waals surface area contributed by atoms with Gasteiger partial charge in [0.05, 0.1) is 11.9 Å². The largest absolute Gasteiger partial charge is 0.385 e. The van der Waals surface area contributed by atoms with Crippen molar-refractivity contribution in [3.63, 3.8) is 0 Å². The molecule has 1 aliphatic carbocycles. The highest BCUT2D eigenvalue weighted by atomic mass is 32.2. The molecule has 21 heavy (non-hydrogen) atoms. The van der Waals surface area contributed by atoms with Gasteiger partial charge >= 0.3 is 0 Å². The highest BCUT2D eigenvalue weighted by Gasteiger charge is 2.51. The summed E-state index contributed by atoms with van der Waals surface area (Å²) < 4.78 is 38.5. The van der Waals surface area contributed by atoms with Crippen molar-refractivity contribution in [2.45, 2.75) is 24.9 Å². The van der Waals surface area contributed by atoms with E-state index in [4.69, 9.17) is 0 Å². The number of fused-ring (bicyclic) bond motifs is 1. The Morgan fingerprint density at radius 3 is 2.81 bits per heavy atom. The second kappa shape index (κ2) is 5.04. The van der Waals surface area contributed by atoms with Crippen LogP contribution < -0.4 is 0 Å². The van der Waals surface area contributed by atoms with Crippen molar-refractivity contribution >= 4 is 10.0 Å². The van der Waals surface area contributed by atoms with Crippen molar-refractivity contribution in [2.75, 3.05) is 19.3 Å². The molecule has 0 amide bonds. The lowest BCUT2D eigenvalue weighted by atomic mass is 9.67. The maximum absolute atomic E-state index is 13.5. The molecule has 1 aromatic carbocycles. The van der Waals surface area contributed by atoms with Gasteiger partial charge in [0.15, 0.2) is 0 Å². The monoisotopic (exact) mass is 313 g/mol. The van der Waals surface area contributed by atoms with Crippen LogP contribution in [-0.2, 0) is 15.6 Å². The molecular weight excluding hydrogens is 293 g/mol. The molecule has 116 valence electrons. The number of rotatable bonds is 2. The van der Waals surface area contributed by atoms with Crippen molar-refractivity contribution in [1.29, 1.82) is 0 Å². The van der Waals surface area contributed by atoms with Crippen LogP contribution in [-0.4, -0.2) is 37.2 Å². The van der Waals surface area contributed by atoms with Crippen LogP contribution in [0.25, 0.3) is 0 Å². The van der Waals surface area contributed by atoms with E-state index in [9.17, 15) is 17.9 Å². The lowest BCUT2D eigenvalue weighted by molar-refractivity contribution is -0.0642. The average molecular weight is 313 g/mol. The molecular formula is C15H20FNO3S. The number of benzene rings is 1. The molecule has 1 aromatic rings. The molecule has 6 heteroatoms. The number of aliphatic hydroxyl groups is 1. The van der Waals surface area contributed by atoms with Gasteiger partial charge in [0.25, 0.3) is 0 Å². The minimum atomic E-state index is -3.25. The summed E-state index contributed by atoms with van der Waals surface area (Å²) in [6, 6.07) is 6.04. The van der Waals surface area contributed by atoms with Crippen LogP contribution in [0.4, 0.5) is 4.39 Å². The number of sulfonamides is 1. The van der Waals surface area contributed by atoms with Crippen LogP contribution in [0.1, 0.15) is 24.8 Å². The molecule has 2 fully saturated rings. The van der Waals surface area contributed by atoms with Crippen molar-refractivity contribution in [3.05, 3.63) is 35.6 Å². The fourth-order valence-corrected chi connectivity index (χ4v) is 4.76. The zero-order chi connectivity index (χ0) is 15.3. The molecule has 1 aliphatic heterocycles. The number of halogens is 1. The van der Waals surface area contributed by atoms with Gasteiger partial charge in [-0.1, -0.05) is 12.1 Å². The van der Waals surface area contributed by atoms with E-state index < -0.39 is 15.6 Å². The topological polar surface area (TPSA) is 57.6 Å². The van der Waals surface area contributed by atoms with Gasteiger partial charge in [-0.2, -0.15) is 0 Å². The average Bonchev–Trinajstić information content (AvgIpc) is 2.84. The van der Waals surface area contributed by atoms with Gasteiger partial charge in [0, 0.05) is 19.0 Å². The van der Waals surface area contributed by atoms with Gasteiger partial charge in [-0.25, -0.2) is 17.1 Å². The summed E-state index contributed by atoms with van der Waals surface area (Å²) in [5, 5.41) is 11.1. The fraction of sp³-hybridized carbons (Fsp3) is 0.600. The first kappa shape index (κ1) is 14.9. The van der Waals surface area contributed by atoms with Crippen molar-refractivity contribution in [2.24, 2.45) is 11.8 Å². The van der Waals surface area contributed by atoms with Gasteiger partial charge in [-0.15, -0.1) is 0 Å². The van der Waals surface area contributed by atoms with Crippen molar-refractivity contribution < 1.29 is 17.9 Å². The summed E-state index contributed by atoms with van der Waals surface area (Å²) in [6.45, 7) is 0.775. The Morgan fingerprint density at radius 1 is 1.38 bits per heavy atom. The van der Waals surface area contributed by atoms with Crippen LogP contribution in [0.15, 0.2) is 24.3 Å². The first-order valence-corrected chi connectivity index (χ1v) is 9.09. The van der Waals surface area contributed by atoms with Crippen LogP contribution in [0.5, 0.6) is 0 Å². The van der Waals surface area contributed by atoms with Crippen LogP contribution in [0.2, 0.25) is 0 Å². The molecule has 0 unspecified atom stereocenters. The molecule has 1 N–H and O–H groups in total. The summed E-state index contributed by atoms with van der Waals surface area (Å²) >= 11 is 0. The van der Waals surface area contributed by atoms with Crippen LogP contribution >= 0.6 is 0 Å². The number of hydrogen-bond acceptors (Lipinski definition) is 3. The van der Waals surface area contributed by atoms with Gasteiger partial charge in [-0.05, 0) is 42.9 Å². The molecule has 1 saturated heterocycles. The fourth-order valence-electron chi connectivity index (χ4n) is 3.87. The smallest absolute Gasteiger partial charge is 0.211 e. The van der Waals surface area contributed by atoms with E-state index in [-0.39, 0.29) is 17.7 Å². The first-order valence-electron chi connectivity index (χ1n) is 7.24. The quantitative estimate of drug-likeness (QED) is 0.904. The van der Waals surface area contributed by atoms with Crippen LogP contribution in [0.3, 0.4) is 0 Å². The molecule has 3 atom stereocenters. The molecule has 1 saturated carbocycles. The Labute approximate surface area is 124 Å². The lowest BCUT2D eigenvalue weighted by Crippen LogP contribution is -2.43. The molecule has 3 rings (SSSR count). The highest BCUT2D eigenvalue weighted by Crippen LogP contribution is 2.48. The van der Waals surface area contributed by atoms with Gasteiger partial charge < -0.3 is 5.11 Å². The Balaban J connectivity index is 1.96. The molecule has 2 aliphatic rings. The van der Waals surface area contributed by atoms with E-state index in [2.05, 4.69) is 0 Å². The van der Waals surface area contributed by atoms with Gasteiger partial charge in [-0.3, -0.25) is 0 Å². The Kier molecular flexibility index (Phi) is 3.58. The van der Waals surface area contributed by atoms with Gasteiger partial charge in [0.1, 0.15) is 5.82 Å². The van der Waals surface area contributed by atoms with E-state index in [0.717, 1.165) is 12.8 Å². The first-order chi connectivity index (χ1) is 9.80. The number of hydrogen-bond donors (Lipinski definition) is 1. The van der Waals surface area contributed by atoms with Crippen molar-refractivity contribution in [1.82, 2.24) is 4.31 Å². The molecule has 0 aromatic heterocycles. The van der Waals surface area contributed by atoms with Gasteiger partial charge in [0.2, 0.25) is 10.0 Å². The second-order valence-electron chi connectivity index (χ2n) is 6.27. The lowest BCUT2D eigenvalue weighted by Gasteiger charge is -2.41. The summed E-state index contributed by atoms with van der Waals surface area (Å²) in [5.41, 5.74) is -0.572. The molecule has 1 heterocycles. The number of nitrogens with zero attached hydrogens (tertiary/aromatic N) is 1. The zero-order valence-electron chi connectivity index (χ0n) is 12.0. The maximum atomic E-state index is 13.5. The van der Waals surface area contributed by atoms with E-state index in [1.807, 2.05) is 0 Å². The Morgan fingerprint density at radius 2 is 2.14 bits per heavy atom. The normalized spacial score (nSPS) is 33.9. The Hall–Kier alpha value is -0.980.